The molecule has 0 aliphatic rings. The van der Waals surface area contributed by atoms with Crippen molar-refractivity contribution >= 4 is 11.4 Å². The Balaban J connectivity index is 2.35. The number of nitrogen functional groups attached to an aromatic ring is 1. The van der Waals surface area contributed by atoms with E-state index in [4.69, 9.17) is 10.5 Å². The lowest BCUT2D eigenvalue weighted by atomic mass is 10.2. The van der Waals surface area contributed by atoms with Crippen LogP contribution in [-0.4, -0.2) is 33.0 Å². The number of alkyl halides is 3. The van der Waals surface area contributed by atoms with E-state index < -0.39 is 12.8 Å². The molecule has 0 aliphatic heterocycles. The van der Waals surface area contributed by atoms with Gasteiger partial charge in [0.1, 0.15) is 12.4 Å². The van der Waals surface area contributed by atoms with Crippen LogP contribution in [0, 0.1) is 0 Å². The maximum Gasteiger partial charge on any atom is 0.411 e. The summed E-state index contributed by atoms with van der Waals surface area (Å²) in [6, 6.07) is 5.01. The third kappa shape index (κ3) is 5.13. The summed E-state index contributed by atoms with van der Waals surface area (Å²) >= 11 is 0. The van der Waals surface area contributed by atoms with E-state index in [1.54, 1.807) is 18.2 Å². The van der Waals surface area contributed by atoms with Gasteiger partial charge in [0.15, 0.2) is 0 Å². The number of hydrogen-bond donors (Lipinski definition) is 2. The molecule has 0 spiro atoms. The van der Waals surface area contributed by atoms with E-state index in [1.807, 2.05) is 0 Å². The zero-order valence-electron chi connectivity index (χ0n) is 9.88. The van der Waals surface area contributed by atoms with Crippen LogP contribution >= 0.6 is 0 Å². The van der Waals surface area contributed by atoms with Gasteiger partial charge >= 0.3 is 6.18 Å². The summed E-state index contributed by atoms with van der Waals surface area (Å²) in [5, 5.41) is 2.88. The molecule has 0 amide bonds. The van der Waals surface area contributed by atoms with Crippen molar-refractivity contribution in [2.75, 3.05) is 37.9 Å². The molecule has 0 heterocycles. The second-order valence-electron chi connectivity index (χ2n) is 3.55. The number of nitrogens with one attached hydrogen (secondary N) is 1. The fourth-order valence-corrected chi connectivity index (χ4v) is 1.26. The molecule has 0 fully saturated rings. The van der Waals surface area contributed by atoms with Crippen LogP contribution in [0.1, 0.15) is 0 Å². The van der Waals surface area contributed by atoms with E-state index >= 15 is 0 Å². The summed E-state index contributed by atoms with van der Waals surface area (Å²) in [6.45, 7) is -1.08. The van der Waals surface area contributed by atoms with Crippen molar-refractivity contribution in [3.8, 4) is 5.75 Å². The highest BCUT2D eigenvalue weighted by Gasteiger charge is 2.27. The number of nitrogens with two attached hydrogens (primary N) is 1. The molecule has 7 heteroatoms. The molecule has 0 aromatic heterocycles. The lowest BCUT2D eigenvalue weighted by molar-refractivity contribution is -0.172. The van der Waals surface area contributed by atoms with Crippen molar-refractivity contribution in [1.82, 2.24) is 0 Å². The lowest BCUT2D eigenvalue weighted by Crippen LogP contribution is -2.20. The van der Waals surface area contributed by atoms with Crippen LogP contribution in [0.15, 0.2) is 18.2 Å². The Labute approximate surface area is 103 Å². The highest BCUT2D eigenvalue weighted by molar-refractivity contribution is 5.68. The maximum absolute atomic E-state index is 11.8. The topological polar surface area (TPSA) is 56.5 Å². The van der Waals surface area contributed by atoms with E-state index in [9.17, 15) is 13.2 Å². The largest absolute Gasteiger partial charge is 0.497 e. The van der Waals surface area contributed by atoms with Crippen LogP contribution in [0.25, 0.3) is 0 Å². The molecular weight excluding hydrogens is 249 g/mol. The first kappa shape index (κ1) is 14.4. The number of methoxy groups -OCH3 is 1. The van der Waals surface area contributed by atoms with Crippen molar-refractivity contribution in [3.05, 3.63) is 18.2 Å². The fourth-order valence-electron chi connectivity index (χ4n) is 1.26. The summed E-state index contributed by atoms with van der Waals surface area (Å²) in [6.07, 6.45) is -4.30. The Kier molecular flexibility index (Phi) is 5.08. The second-order valence-corrected chi connectivity index (χ2v) is 3.55. The number of anilines is 2. The van der Waals surface area contributed by atoms with Gasteiger partial charge in [0.25, 0.3) is 0 Å². The van der Waals surface area contributed by atoms with Gasteiger partial charge in [0, 0.05) is 12.6 Å². The van der Waals surface area contributed by atoms with Gasteiger partial charge in [-0.15, -0.1) is 0 Å². The normalized spacial score (nSPS) is 11.3. The number of benzene rings is 1. The average Bonchev–Trinajstić information content (AvgIpc) is 2.29. The number of rotatable bonds is 6. The molecular formula is C11H15F3N2O2. The predicted octanol–water partition coefficient (Wildman–Crippen LogP) is 2.27. The van der Waals surface area contributed by atoms with Crippen molar-refractivity contribution in [2.24, 2.45) is 0 Å². The standard InChI is InChI=1S/C11H15F3N2O2/c1-17-8-2-3-9(15)10(6-8)16-4-5-18-7-11(12,13)14/h2-3,6,16H,4-5,7,15H2,1H3. The van der Waals surface area contributed by atoms with E-state index in [2.05, 4.69) is 10.1 Å². The first-order valence-corrected chi connectivity index (χ1v) is 5.24. The number of halogens is 3. The molecule has 0 atom stereocenters. The Morgan fingerprint density at radius 1 is 1.33 bits per heavy atom. The Morgan fingerprint density at radius 2 is 2.06 bits per heavy atom. The molecule has 0 saturated heterocycles. The quantitative estimate of drug-likeness (QED) is 0.611. The molecule has 1 rings (SSSR count). The third-order valence-corrected chi connectivity index (χ3v) is 2.09. The van der Waals surface area contributed by atoms with Crippen LogP contribution in [0.5, 0.6) is 5.75 Å². The van der Waals surface area contributed by atoms with E-state index in [-0.39, 0.29) is 13.2 Å². The Morgan fingerprint density at radius 3 is 2.67 bits per heavy atom. The zero-order chi connectivity index (χ0) is 13.6. The summed E-state index contributed by atoms with van der Waals surface area (Å²) in [7, 11) is 1.52. The summed E-state index contributed by atoms with van der Waals surface area (Å²) in [4.78, 5) is 0. The van der Waals surface area contributed by atoms with Gasteiger partial charge in [-0.25, -0.2) is 0 Å². The average molecular weight is 264 g/mol. The summed E-state index contributed by atoms with van der Waals surface area (Å²) in [5.41, 5.74) is 6.78. The first-order valence-electron chi connectivity index (χ1n) is 5.24. The minimum atomic E-state index is -4.30. The molecule has 102 valence electrons. The number of ether oxygens (including phenoxy) is 2. The van der Waals surface area contributed by atoms with Gasteiger partial charge in [0.2, 0.25) is 0 Å². The minimum Gasteiger partial charge on any atom is -0.497 e. The fraction of sp³-hybridized carbons (Fsp3) is 0.455. The molecule has 0 saturated carbocycles. The molecule has 1 aromatic rings. The highest BCUT2D eigenvalue weighted by atomic mass is 19.4. The molecule has 4 nitrogen and oxygen atoms in total. The van der Waals surface area contributed by atoms with E-state index in [0.717, 1.165) is 0 Å². The van der Waals surface area contributed by atoms with Gasteiger partial charge in [0.05, 0.1) is 25.1 Å². The molecule has 1 aromatic carbocycles. The van der Waals surface area contributed by atoms with Crippen LogP contribution in [0.4, 0.5) is 24.5 Å². The van der Waals surface area contributed by atoms with Crippen LogP contribution in [0.3, 0.4) is 0 Å². The number of hydrogen-bond acceptors (Lipinski definition) is 4. The molecule has 0 bridgehead atoms. The van der Waals surface area contributed by atoms with Gasteiger partial charge < -0.3 is 20.5 Å². The maximum atomic E-state index is 11.8. The SMILES string of the molecule is COc1ccc(N)c(NCCOCC(F)(F)F)c1. The van der Waals surface area contributed by atoms with Gasteiger partial charge in [-0.3, -0.25) is 0 Å². The second kappa shape index (κ2) is 6.34. The summed E-state index contributed by atoms with van der Waals surface area (Å²) in [5.74, 6) is 0.614. The van der Waals surface area contributed by atoms with Crippen molar-refractivity contribution in [2.45, 2.75) is 6.18 Å². The van der Waals surface area contributed by atoms with Gasteiger partial charge in [-0.2, -0.15) is 13.2 Å². The molecule has 0 radical (unpaired) electrons. The van der Waals surface area contributed by atoms with Crippen LogP contribution < -0.4 is 15.8 Å². The van der Waals surface area contributed by atoms with Crippen molar-refractivity contribution in [1.29, 1.82) is 0 Å². The smallest absolute Gasteiger partial charge is 0.411 e. The Bertz CT molecular complexity index is 383. The van der Waals surface area contributed by atoms with Crippen molar-refractivity contribution < 1.29 is 22.6 Å². The van der Waals surface area contributed by atoms with Gasteiger partial charge in [-0.05, 0) is 12.1 Å². The van der Waals surface area contributed by atoms with Gasteiger partial charge in [-0.1, -0.05) is 0 Å². The predicted molar refractivity (Wildman–Crippen MR) is 62.8 cm³/mol. The van der Waals surface area contributed by atoms with Crippen LogP contribution in [0.2, 0.25) is 0 Å². The van der Waals surface area contributed by atoms with Crippen molar-refractivity contribution in [3.63, 3.8) is 0 Å². The van der Waals surface area contributed by atoms with Crippen LogP contribution in [-0.2, 0) is 4.74 Å². The molecule has 3 N–H and O–H groups in total. The molecule has 0 unspecified atom stereocenters. The third-order valence-electron chi connectivity index (χ3n) is 2.09. The first-order chi connectivity index (χ1) is 8.42. The summed E-state index contributed by atoms with van der Waals surface area (Å²) < 4.78 is 44.8. The highest BCUT2D eigenvalue weighted by Crippen LogP contribution is 2.24. The minimum absolute atomic E-state index is 0.0594. The van der Waals surface area contributed by atoms with E-state index in [1.165, 1.54) is 7.11 Å². The Hall–Kier alpha value is -1.63. The lowest BCUT2D eigenvalue weighted by Gasteiger charge is -2.12. The zero-order valence-corrected chi connectivity index (χ0v) is 9.88. The van der Waals surface area contributed by atoms with E-state index in [0.29, 0.717) is 17.1 Å². The monoisotopic (exact) mass is 264 g/mol. The molecule has 0 aliphatic carbocycles. The molecule has 18 heavy (non-hydrogen) atoms.